The zero-order valence-corrected chi connectivity index (χ0v) is 49.2. The first kappa shape index (κ1) is 63.3. The van der Waals surface area contributed by atoms with Crippen molar-refractivity contribution in [2.24, 2.45) is 11.5 Å². The second kappa shape index (κ2) is 33.1. The summed E-state index contributed by atoms with van der Waals surface area (Å²) in [4.78, 5) is 57.7. The Labute approximate surface area is 505 Å². The lowest BCUT2D eigenvalue weighted by Gasteiger charge is -2.29. The summed E-state index contributed by atoms with van der Waals surface area (Å²) in [5, 5.41) is 37.9. The van der Waals surface area contributed by atoms with E-state index in [4.69, 9.17) is 31.8 Å². The molecule has 2 saturated heterocycles. The molecule has 9 rings (SSSR count). The van der Waals surface area contributed by atoms with Gasteiger partial charge in [-0.1, -0.05) is 159 Å². The lowest BCUT2D eigenvalue weighted by Crippen LogP contribution is -2.49. The number of hydrogen-bond donors (Lipinski definition) is 10. The molecule has 12 N–H and O–H groups in total. The second-order valence-corrected chi connectivity index (χ2v) is 22.0. The molecule has 7 aromatic carbocycles. The van der Waals surface area contributed by atoms with Crippen molar-refractivity contribution in [3.8, 4) is 0 Å². The Morgan fingerprint density at radius 3 is 1.38 bits per heavy atom. The van der Waals surface area contributed by atoms with Crippen molar-refractivity contribution in [1.82, 2.24) is 41.7 Å². The molecule has 7 aromatic rings. The van der Waals surface area contributed by atoms with E-state index in [1.54, 1.807) is 0 Å². The Morgan fingerprint density at radius 1 is 0.547 bits per heavy atom. The molecule has 4 amide bonds. The number of ether oxygens (including phenoxy) is 2. The molecule has 18 nitrogen and oxygen atoms in total. The number of carbonyl (C=O) groups is 4. The number of guanidine groups is 2. The molecule has 2 aliphatic rings. The molecule has 2 heterocycles. The highest BCUT2D eigenvalue weighted by Gasteiger charge is 2.34. The standard InChI is InChI=1S/C36H42N6O3.C32H42N6O3/c37-36(38)39-20-9-16-32-35(44)42(24-33(28-13-5-2-6-14-28)45-25-26-10-3-1-4-11-26)21-19-31(41-32)23-40-34(43)30-18-17-27-12-7-8-15-29(27)22-30;1-2-19-41-29(24-10-4-3-5-11-24)22-38-18-16-27(37-28(31(38)40)13-8-17-35-32(33)34)21-36-30(39)26-15-14-23-9-6-7-12-25(23)20-26/h1-8,10-15,17-18,22,31-33,41H,9,16,19-21,23-25H2,(H,40,43)(H4,37,38,39);3-7,9-12,14-15,20,27-29,37H,2,8,13,16-19,21-22H2,1H3,(H,36,39)(H4,33,34,35)/t31-,32-,33?;27-,28-,29?/m00/s1. The molecular formula is C68H84N12O6. The lowest BCUT2D eigenvalue weighted by molar-refractivity contribution is -0.135. The fourth-order valence-corrected chi connectivity index (χ4v) is 10.9. The SMILES string of the molecule is CCCOC(CN1CC[C@@H](CNC(=O)c2ccc3ccccc3c2)N[C@@H](CCCNC(=N)N)C1=O)c1ccccc1.N=C(N)NCCC[C@@H]1N[C@H](CNC(=O)c2ccc3ccccc3c2)CCN(CC(OCc2ccccc2)c2ccccc2)C1=O. The van der Waals surface area contributed by atoms with Gasteiger partial charge in [-0.15, -0.1) is 0 Å². The molecule has 0 spiro atoms. The number of rotatable bonds is 26. The van der Waals surface area contributed by atoms with Gasteiger partial charge in [0.05, 0.1) is 31.8 Å². The van der Waals surface area contributed by atoms with Gasteiger partial charge in [0.1, 0.15) is 12.2 Å². The van der Waals surface area contributed by atoms with Gasteiger partial charge in [0.25, 0.3) is 11.8 Å². The summed E-state index contributed by atoms with van der Waals surface area (Å²) in [6.45, 7) is 6.89. The summed E-state index contributed by atoms with van der Waals surface area (Å²) in [7, 11) is 0. The van der Waals surface area contributed by atoms with Crippen LogP contribution in [0.1, 0.15) is 101 Å². The van der Waals surface area contributed by atoms with Gasteiger partial charge in [0, 0.05) is 69.1 Å². The third-order valence-electron chi connectivity index (χ3n) is 15.5. The van der Waals surface area contributed by atoms with E-state index in [1.165, 1.54) is 0 Å². The van der Waals surface area contributed by atoms with Gasteiger partial charge in [-0.05, 0) is 107 Å². The Morgan fingerprint density at radius 2 is 0.953 bits per heavy atom. The minimum absolute atomic E-state index is 0.00502. The van der Waals surface area contributed by atoms with Crippen LogP contribution in [0.4, 0.5) is 0 Å². The fraction of sp³-hybridized carbons (Fsp3) is 0.353. The number of hydrogen-bond acceptors (Lipinski definition) is 10. The molecule has 6 atom stereocenters. The molecule has 0 bridgehead atoms. The molecule has 0 radical (unpaired) electrons. The largest absolute Gasteiger partial charge is 0.372 e. The van der Waals surface area contributed by atoms with Gasteiger partial charge >= 0.3 is 0 Å². The smallest absolute Gasteiger partial charge is 0.251 e. The molecule has 0 saturated carbocycles. The minimum Gasteiger partial charge on any atom is -0.372 e. The predicted octanol–water partition coefficient (Wildman–Crippen LogP) is 7.91. The Kier molecular flexibility index (Phi) is 24.4. The summed E-state index contributed by atoms with van der Waals surface area (Å²) >= 11 is 0. The highest BCUT2D eigenvalue weighted by molar-refractivity contribution is 5.99. The van der Waals surface area contributed by atoms with E-state index in [0.29, 0.717) is 115 Å². The van der Waals surface area contributed by atoms with Crippen molar-refractivity contribution in [1.29, 1.82) is 10.8 Å². The van der Waals surface area contributed by atoms with Gasteiger partial charge < -0.3 is 62.6 Å². The number of nitrogens with one attached hydrogen (secondary N) is 8. The Bertz CT molecular complexity index is 3300. The first-order chi connectivity index (χ1) is 41.9. The van der Waals surface area contributed by atoms with E-state index in [-0.39, 0.29) is 59.8 Å². The van der Waals surface area contributed by atoms with Crippen molar-refractivity contribution in [2.45, 2.75) is 94.9 Å². The maximum absolute atomic E-state index is 14.0. The summed E-state index contributed by atoms with van der Waals surface area (Å²) in [6.07, 6.45) is 4.20. The van der Waals surface area contributed by atoms with Crippen LogP contribution in [0, 0.1) is 10.8 Å². The van der Waals surface area contributed by atoms with E-state index >= 15 is 0 Å². The monoisotopic (exact) mass is 1160 g/mol. The molecule has 0 aromatic heterocycles. The first-order valence-corrected chi connectivity index (χ1v) is 30.1. The maximum Gasteiger partial charge on any atom is 0.251 e. The normalized spacial score (nSPS) is 17.7. The third-order valence-corrected chi connectivity index (χ3v) is 15.5. The highest BCUT2D eigenvalue weighted by atomic mass is 16.5. The minimum atomic E-state index is -0.450. The van der Waals surface area contributed by atoms with Crippen LogP contribution < -0.4 is 43.4 Å². The predicted molar refractivity (Wildman–Crippen MR) is 341 cm³/mol. The van der Waals surface area contributed by atoms with Crippen molar-refractivity contribution in [2.75, 3.05) is 59.0 Å². The zero-order valence-electron chi connectivity index (χ0n) is 49.2. The van der Waals surface area contributed by atoms with Crippen molar-refractivity contribution >= 4 is 57.1 Å². The number of amides is 4. The van der Waals surface area contributed by atoms with Gasteiger partial charge in [0.2, 0.25) is 11.8 Å². The number of carbonyl (C=O) groups excluding carboxylic acids is 4. The van der Waals surface area contributed by atoms with Gasteiger partial charge in [-0.3, -0.25) is 30.0 Å². The third kappa shape index (κ3) is 19.4. The van der Waals surface area contributed by atoms with Crippen LogP contribution in [0.25, 0.3) is 21.5 Å². The second-order valence-electron chi connectivity index (χ2n) is 22.0. The van der Waals surface area contributed by atoms with Crippen LogP contribution in [-0.4, -0.2) is 128 Å². The molecule has 2 fully saturated rings. The van der Waals surface area contributed by atoms with Crippen molar-refractivity contribution < 1.29 is 28.7 Å². The maximum atomic E-state index is 14.0. The molecule has 0 aliphatic carbocycles. The van der Waals surface area contributed by atoms with Crippen LogP contribution in [0.15, 0.2) is 176 Å². The van der Waals surface area contributed by atoms with Crippen LogP contribution in [-0.2, 0) is 25.7 Å². The highest BCUT2D eigenvalue weighted by Crippen LogP contribution is 2.25. The van der Waals surface area contributed by atoms with Gasteiger partial charge in [0.15, 0.2) is 11.9 Å². The zero-order chi connectivity index (χ0) is 60.5. The van der Waals surface area contributed by atoms with Crippen LogP contribution in [0.3, 0.4) is 0 Å². The summed E-state index contributed by atoms with van der Waals surface area (Å²) in [5.74, 6) is -0.422. The summed E-state index contributed by atoms with van der Waals surface area (Å²) in [5.41, 5.74) is 15.2. The molecule has 2 unspecified atom stereocenters. The summed E-state index contributed by atoms with van der Waals surface area (Å²) < 4.78 is 12.6. The topological polar surface area (TPSA) is 265 Å². The van der Waals surface area contributed by atoms with E-state index in [0.717, 1.165) is 44.7 Å². The van der Waals surface area contributed by atoms with E-state index in [9.17, 15) is 19.2 Å². The van der Waals surface area contributed by atoms with E-state index in [1.807, 2.05) is 186 Å². The average molecular weight is 1170 g/mol. The quantitative estimate of drug-likeness (QED) is 0.0141. The van der Waals surface area contributed by atoms with Gasteiger partial charge in [-0.25, -0.2) is 0 Å². The van der Waals surface area contributed by atoms with Crippen LogP contribution in [0.2, 0.25) is 0 Å². The number of nitrogens with zero attached hydrogens (tertiary/aromatic N) is 2. The van der Waals surface area contributed by atoms with E-state index < -0.39 is 12.1 Å². The van der Waals surface area contributed by atoms with Crippen molar-refractivity contribution in [3.05, 3.63) is 204 Å². The average Bonchev–Trinajstić information content (AvgIpc) is 3.47. The van der Waals surface area contributed by atoms with Crippen molar-refractivity contribution in [3.63, 3.8) is 0 Å². The van der Waals surface area contributed by atoms with Crippen LogP contribution >= 0.6 is 0 Å². The number of nitrogens with two attached hydrogens (primary N) is 2. The fourth-order valence-electron chi connectivity index (χ4n) is 10.9. The molecule has 86 heavy (non-hydrogen) atoms. The first-order valence-electron chi connectivity index (χ1n) is 30.1. The lowest BCUT2D eigenvalue weighted by atomic mass is 10.1. The molecule has 2 aliphatic heterocycles. The molecular weight excluding hydrogens is 1080 g/mol. The van der Waals surface area contributed by atoms with Gasteiger partial charge in [-0.2, -0.15) is 0 Å². The number of benzene rings is 7. The Hall–Kier alpha value is -8.68. The molecule has 18 heteroatoms. The van der Waals surface area contributed by atoms with E-state index in [2.05, 4.69) is 38.8 Å². The molecule has 452 valence electrons. The number of fused-ring (bicyclic) bond motifs is 2. The van der Waals surface area contributed by atoms with Crippen LogP contribution in [0.5, 0.6) is 0 Å². The summed E-state index contributed by atoms with van der Waals surface area (Å²) in [6, 6.07) is 56.4. The Balaban J connectivity index is 0.000000225.